The zero-order valence-electron chi connectivity index (χ0n) is 9.30. The van der Waals surface area contributed by atoms with Crippen LogP contribution in [0, 0.1) is 12.3 Å². The van der Waals surface area contributed by atoms with Gasteiger partial charge in [0.05, 0.1) is 18.5 Å². The first kappa shape index (κ1) is 13.5. The molecule has 7 heteroatoms. The number of thioether (sulfide) groups is 1. The predicted octanol–water partition coefficient (Wildman–Crippen LogP) is -0.0677. The Morgan fingerprint density at radius 1 is 1.65 bits per heavy atom. The number of nitrogens with one attached hydrogen (secondary N) is 1. The summed E-state index contributed by atoms with van der Waals surface area (Å²) in [5.41, 5.74) is -0.0328. The molecular weight excluding hydrogens is 240 g/mol. The molecule has 0 atom stereocenters. The highest BCUT2D eigenvalue weighted by Crippen LogP contribution is 1.95. The second-order valence-corrected chi connectivity index (χ2v) is 4.28. The fourth-order valence-corrected chi connectivity index (χ4v) is 1.65. The molecule has 0 spiro atoms. The summed E-state index contributed by atoms with van der Waals surface area (Å²) in [6.45, 7) is 2.19. The summed E-state index contributed by atoms with van der Waals surface area (Å²) >= 11 is 1.70. The van der Waals surface area contributed by atoms with Crippen LogP contribution in [0.25, 0.3) is 0 Å². The van der Waals surface area contributed by atoms with Crippen LogP contribution in [-0.2, 0) is 6.54 Å². The molecule has 92 valence electrons. The molecule has 1 heterocycles. The quantitative estimate of drug-likeness (QED) is 0.499. The summed E-state index contributed by atoms with van der Waals surface area (Å²) in [5, 5.41) is 19.1. The molecule has 0 saturated heterocycles. The van der Waals surface area contributed by atoms with Gasteiger partial charge >= 0.3 is 5.97 Å². The van der Waals surface area contributed by atoms with E-state index < -0.39 is 5.97 Å². The maximum atomic E-state index is 10.5. The van der Waals surface area contributed by atoms with Crippen LogP contribution in [0.3, 0.4) is 0 Å². The third-order valence-corrected chi connectivity index (χ3v) is 2.75. The van der Waals surface area contributed by atoms with Gasteiger partial charge in [0.25, 0.3) is 0 Å². The van der Waals surface area contributed by atoms with Gasteiger partial charge in [0.2, 0.25) is 0 Å². The maximum Gasteiger partial charge on any atom is 0.358 e. The van der Waals surface area contributed by atoms with E-state index in [2.05, 4.69) is 21.5 Å². The van der Waals surface area contributed by atoms with E-state index in [0.29, 0.717) is 6.54 Å². The Kier molecular flexibility index (Phi) is 6.14. The maximum absolute atomic E-state index is 10.5. The van der Waals surface area contributed by atoms with Crippen LogP contribution < -0.4 is 5.32 Å². The lowest BCUT2D eigenvalue weighted by Gasteiger charge is -2.03. The van der Waals surface area contributed by atoms with Crippen LogP contribution in [0.2, 0.25) is 0 Å². The summed E-state index contributed by atoms with van der Waals surface area (Å²) in [5.74, 6) is 3.18. The molecule has 0 fully saturated rings. The predicted molar refractivity (Wildman–Crippen MR) is 66.0 cm³/mol. The van der Waals surface area contributed by atoms with Gasteiger partial charge in [0.15, 0.2) is 5.69 Å². The molecule has 6 nitrogen and oxygen atoms in total. The van der Waals surface area contributed by atoms with Crippen molar-refractivity contribution in [3.63, 3.8) is 0 Å². The molecule has 0 aliphatic carbocycles. The lowest BCUT2D eigenvalue weighted by Crippen LogP contribution is -2.22. The molecular formula is C10H14N4O2S. The van der Waals surface area contributed by atoms with Crippen LogP contribution >= 0.6 is 11.8 Å². The normalized spacial score (nSPS) is 10.1. The molecule has 1 rings (SSSR count). The van der Waals surface area contributed by atoms with E-state index >= 15 is 0 Å². The number of rotatable bonds is 8. The molecule has 0 aliphatic heterocycles. The van der Waals surface area contributed by atoms with Gasteiger partial charge < -0.3 is 10.4 Å². The highest BCUT2D eigenvalue weighted by atomic mass is 32.2. The average Bonchev–Trinajstić information content (AvgIpc) is 2.77. The van der Waals surface area contributed by atoms with Crippen molar-refractivity contribution in [1.29, 1.82) is 0 Å². The largest absolute Gasteiger partial charge is 0.476 e. The average molecular weight is 254 g/mol. The van der Waals surface area contributed by atoms with Gasteiger partial charge in [-0.25, -0.2) is 4.79 Å². The number of hydrogen-bond acceptors (Lipinski definition) is 5. The number of carbonyl (C=O) groups is 1. The van der Waals surface area contributed by atoms with Gasteiger partial charge in [-0.3, -0.25) is 4.68 Å². The van der Waals surface area contributed by atoms with E-state index in [1.165, 1.54) is 10.9 Å². The van der Waals surface area contributed by atoms with E-state index in [-0.39, 0.29) is 5.69 Å². The van der Waals surface area contributed by atoms with Crippen molar-refractivity contribution in [3.05, 3.63) is 11.9 Å². The van der Waals surface area contributed by atoms with Crippen LogP contribution in [-0.4, -0.2) is 50.7 Å². The summed E-state index contributed by atoms with van der Waals surface area (Å²) in [4.78, 5) is 10.5. The number of aromatic nitrogens is 3. The lowest BCUT2D eigenvalue weighted by molar-refractivity contribution is 0.0690. The van der Waals surface area contributed by atoms with Crippen LogP contribution in [0.1, 0.15) is 10.5 Å². The van der Waals surface area contributed by atoms with Crippen molar-refractivity contribution in [2.75, 3.05) is 24.6 Å². The SMILES string of the molecule is C#CCSCCNCCn1cc(C(=O)O)nn1. The second-order valence-electron chi connectivity index (χ2n) is 3.18. The van der Waals surface area contributed by atoms with E-state index in [1.807, 2.05) is 0 Å². The molecule has 0 aromatic carbocycles. The van der Waals surface area contributed by atoms with Gasteiger partial charge in [-0.15, -0.1) is 23.3 Å². The Bertz CT molecular complexity index is 399. The minimum absolute atomic E-state index is 0.0328. The summed E-state index contributed by atoms with van der Waals surface area (Å²) in [6.07, 6.45) is 6.53. The summed E-state index contributed by atoms with van der Waals surface area (Å²) in [6, 6.07) is 0. The Morgan fingerprint density at radius 2 is 2.47 bits per heavy atom. The summed E-state index contributed by atoms with van der Waals surface area (Å²) < 4.78 is 1.50. The minimum atomic E-state index is -1.06. The Labute approximate surface area is 104 Å². The van der Waals surface area contributed by atoms with Gasteiger partial charge in [-0.2, -0.15) is 0 Å². The van der Waals surface area contributed by atoms with Crippen molar-refractivity contribution in [3.8, 4) is 12.3 Å². The van der Waals surface area contributed by atoms with E-state index in [9.17, 15) is 4.79 Å². The molecule has 17 heavy (non-hydrogen) atoms. The van der Waals surface area contributed by atoms with Crippen molar-refractivity contribution < 1.29 is 9.90 Å². The molecule has 0 bridgehead atoms. The monoisotopic (exact) mass is 254 g/mol. The minimum Gasteiger partial charge on any atom is -0.476 e. The fourth-order valence-electron chi connectivity index (χ4n) is 1.10. The Morgan fingerprint density at radius 3 is 3.12 bits per heavy atom. The van der Waals surface area contributed by atoms with E-state index in [1.54, 1.807) is 11.8 Å². The third-order valence-electron chi connectivity index (χ3n) is 1.88. The Hall–Kier alpha value is -1.52. The first-order valence-electron chi connectivity index (χ1n) is 5.09. The fraction of sp³-hybridized carbons (Fsp3) is 0.500. The van der Waals surface area contributed by atoms with Crippen molar-refractivity contribution in [1.82, 2.24) is 20.3 Å². The molecule has 1 aromatic rings. The van der Waals surface area contributed by atoms with Crippen LogP contribution in [0.15, 0.2) is 6.20 Å². The lowest BCUT2D eigenvalue weighted by atomic mass is 10.5. The molecule has 2 N–H and O–H groups in total. The zero-order chi connectivity index (χ0) is 12.5. The summed E-state index contributed by atoms with van der Waals surface area (Å²) in [7, 11) is 0. The van der Waals surface area contributed by atoms with Gasteiger partial charge in [-0.1, -0.05) is 11.1 Å². The number of terminal acetylenes is 1. The van der Waals surface area contributed by atoms with Crippen molar-refractivity contribution in [2.45, 2.75) is 6.54 Å². The second kappa shape index (κ2) is 7.70. The zero-order valence-corrected chi connectivity index (χ0v) is 10.1. The van der Waals surface area contributed by atoms with Gasteiger partial charge in [-0.05, 0) is 0 Å². The standard InChI is InChI=1S/C10H14N4O2S/c1-2-6-17-7-4-11-3-5-14-8-9(10(15)16)12-13-14/h1,8,11H,3-7H2,(H,15,16). The molecule has 0 amide bonds. The molecule has 0 aliphatic rings. The number of nitrogens with zero attached hydrogens (tertiary/aromatic N) is 3. The number of aromatic carboxylic acids is 1. The van der Waals surface area contributed by atoms with E-state index in [4.69, 9.17) is 11.5 Å². The third kappa shape index (κ3) is 5.38. The molecule has 0 saturated carbocycles. The highest BCUT2D eigenvalue weighted by Gasteiger charge is 2.07. The van der Waals surface area contributed by atoms with Crippen molar-refractivity contribution >= 4 is 17.7 Å². The van der Waals surface area contributed by atoms with E-state index in [0.717, 1.165) is 24.6 Å². The van der Waals surface area contributed by atoms with Gasteiger partial charge in [0, 0.05) is 18.8 Å². The number of carboxylic acids is 1. The molecule has 0 unspecified atom stereocenters. The van der Waals surface area contributed by atoms with Crippen LogP contribution in [0.5, 0.6) is 0 Å². The molecule has 0 radical (unpaired) electrons. The smallest absolute Gasteiger partial charge is 0.358 e. The molecule has 1 aromatic heterocycles. The Balaban J connectivity index is 2.10. The first-order chi connectivity index (χ1) is 8.24. The van der Waals surface area contributed by atoms with Crippen LogP contribution in [0.4, 0.5) is 0 Å². The highest BCUT2D eigenvalue weighted by molar-refractivity contribution is 7.99. The first-order valence-corrected chi connectivity index (χ1v) is 6.25. The van der Waals surface area contributed by atoms with Gasteiger partial charge in [0.1, 0.15) is 0 Å². The number of hydrogen-bond donors (Lipinski definition) is 2. The van der Waals surface area contributed by atoms with Crippen molar-refractivity contribution in [2.24, 2.45) is 0 Å². The topological polar surface area (TPSA) is 80.0 Å². The number of carboxylic acid groups (broad SMARTS) is 1.